The van der Waals surface area contributed by atoms with Gasteiger partial charge in [-0.05, 0) is 19.4 Å². The van der Waals surface area contributed by atoms with E-state index in [1.54, 1.807) is 13.1 Å². The molecule has 0 spiro atoms. The van der Waals surface area contributed by atoms with Gasteiger partial charge < -0.3 is 14.1 Å². The molecule has 17 heavy (non-hydrogen) atoms. The minimum Gasteiger partial charge on any atom is -0.469 e. The molecular formula is C12H17NO4. The van der Waals surface area contributed by atoms with Crippen molar-refractivity contribution in [3.05, 3.63) is 23.7 Å². The first-order chi connectivity index (χ1) is 8.06. The monoisotopic (exact) mass is 239 g/mol. The van der Waals surface area contributed by atoms with E-state index in [4.69, 9.17) is 4.42 Å². The van der Waals surface area contributed by atoms with Gasteiger partial charge in [0.1, 0.15) is 0 Å². The molecule has 0 unspecified atom stereocenters. The summed E-state index contributed by atoms with van der Waals surface area (Å²) >= 11 is 0. The van der Waals surface area contributed by atoms with Crippen molar-refractivity contribution in [3.8, 4) is 0 Å². The van der Waals surface area contributed by atoms with Crippen molar-refractivity contribution in [2.45, 2.75) is 19.8 Å². The smallest absolute Gasteiger partial charge is 0.305 e. The Hall–Kier alpha value is -1.78. The first-order valence-electron chi connectivity index (χ1n) is 5.42. The fraction of sp³-hybridized carbons (Fsp3) is 0.500. The van der Waals surface area contributed by atoms with Crippen LogP contribution in [0, 0.1) is 6.92 Å². The number of carbonyl (C=O) groups excluding carboxylic acids is 2. The van der Waals surface area contributed by atoms with Crippen molar-refractivity contribution in [3.63, 3.8) is 0 Å². The number of carbonyl (C=O) groups is 2. The SMILES string of the molecule is COC(=O)CCCN(C)C(=O)c1occc1C. The van der Waals surface area contributed by atoms with Crippen LogP contribution in [0.15, 0.2) is 16.7 Å². The van der Waals surface area contributed by atoms with E-state index in [1.165, 1.54) is 18.3 Å². The number of ether oxygens (including phenoxy) is 1. The Morgan fingerprint density at radius 2 is 2.18 bits per heavy atom. The van der Waals surface area contributed by atoms with Gasteiger partial charge in [-0.25, -0.2) is 0 Å². The zero-order valence-electron chi connectivity index (χ0n) is 10.4. The molecule has 1 rings (SSSR count). The zero-order valence-corrected chi connectivity index (χ0v) is 10.4. The van der Waals surface area contributed by atoms with Crippen LogP contribution in [0.1, 0.15) is 29.0 Å². The lowest BCUT2D eigenvalue weighted by Crippen LogP contribution is -2.28. The molecule has 0 aliphatic carbocycles. The Kier molecular flexibility index (Phi) is 4.75. The lowest BCUT2D eigenvalue weighted by Gasteiger charge is -2.15. The molecule has 1 amide bonds. The van der Waals surface area contributed by atoms with Gasteiger partial charge in [-0.15, -0.1) is 0 Å². The van der Waals surface area contributed by atoms with Gasteiger partial charge in [0.15, 0.2) is 5.76 Å². The molecule has 0 atom stereocenters. The van der Waals surface area contributed by atoms with Crippen molar-refractivity contribution in [2.24, 2.45) is 0 Å². The summed E-state index contributed by atoms with van der Waals surface area (Å²) in [5, 5.41) is 0. The molecule has 1 heterocycles. The fourth-order valence-corrected chi connectivity index (χ4v) is 1.43. The Morgan fingerprint density at radius 3 is 2.71 bits per heavy atom. The van der Waals surface area contributed by atoms with Crippen LogP contribution < -0.4 is 0 Å². The number of esters is 1. The van der Waals surface area contributed by atoms with E-state index in [2.05, 4.69) is 4.74 Å². The molecule has 0 bridgehead atoms. The third-order valence-corrected chi connectivity index (χ3v) is 2.51. The molecule has 1 aromatic rings. The lowest BCUT2D eigenvalue weighted by molar-refractivity contribution is -0.140. The van der Waals surface area contributed by atoms with Crippen LogP contribution in [0.4, 0.5) is 0 Å². The van der Waals surface area contributed by atoms with E-state index in [0.29, 0.717) is 25.1 Å². The minimum atomic E-state index is -0.264. The number of rotatable bonds is 5. The first kappa shape index (κ1) is 13.3. The highest BCUT2D eigenvalue weighted by atomic mass is 16.5. The third kappa shape index (κ3) is 3.62. The number of nitrogens with zero attached hydrogens (tertiary/aromatic N) is 1. The van der Waals surface area contributed by atoms with Gasteiger partial charge in [-0.3, -0.25) is 9.59 Å². The molecule has 0 N–H and O–H groups in total. The van der Waals surface area contributed by atoms with Gasteiger partial charge in [-0.2, -0.15) is 0 Å². The summed E-state index contributed by atoms with van der Waals surface area (Å²) in [7, 11) is 3.03. The van der Waals surface area contributed by atoms with Crippen LogP contribution in [-0.2, 0) is 9.53 Å². The maximum atomic E-state index is 11.9. The van der Waals surface area contributed by atoms with E-state index < -0.39 is 0 Å². The van der Waals surface area contributed by atoms with Gasteiger partial charge in [0.25, 0.3) is 5.91 Å². The number of amides is 1. The van der Waals surface area contributed by atoms with Crippen LogP contribution in [0.5, 0.6) is 0 Å². The Bertz CT molecular complexity index is 397. The summed E-state index contributed by atoms with van der Waals surface area (Å²) in [5.74, 6) is -0.0806. The van der Waals surface area contributed by atoms with Gasteiger partial charge >= 0.3 is 5.97 Å². The van der Waals surface area contributed by atoms with Crippen LogP contribution in [0.25, 0.3) is 0 Å². The van der Waals surface area contributed by atoms with Gasteiger partial charge in [0.05, 0.1) is 13.4 Å². The second kappa shape index (κ2) is 6.08. The second-order valence-electron chi connectivity index (χ2n) is 3.84. The predicted octanol–water partition coefficient (Wildman–Crippen LogP) is 1.61. The summed E-state index contributed by atoms with van der Waals surface area (Å²) in [5.41, 5.74) is 0.815. The number of furan rings is 1. The first-order valence-corrected chi connectivity index (χ1v) is 5.42. The van der Waals surface area contributed by atoms with E-state index in [-0.39, 0.29) is 11.9 Å². The number of hydrogen-bond donors (Lipinski definition) is 0. The van der Waals surface area contributed by atoms with Crippen molar-refractivity contribution in [1.82, 2.24) is 4.90 Å². The maximum Gasteiger partial charge on any atom is 0.305 e. The average molecular weight is 239 g/mol. The van der Waals surface area contributed by atoms with Crippen molar-refractivity contribution in [2.75, 3.05) is 20.7 Å². The van der Waals surface area contributed by atoms with Crippen molar-refractivity contribution < 1.29 is 18.7 Å². The number of hydrogen-bond acceptors (Lipinski definition) is 4. The van der Waals surface area contributed by atoms with Crippen LogP contribution in [0.2, 0.25) is 0 Å². The van der Waals surface area contributed by atoms with E-state index in [9.17, 15) is 9.59 Å². The molecule has 5 heteroatoms. The molecule has 0 fully saturated rings. The van der Waals surface area contributed by atoms with Gasteiger partial charge in [0, 0.05) is 25.6 Å². The quantitative estimate of drug-likeness (QED) is 0.732. The largest absolute Gasteiger partial charge is 0.469 e. The standard InChI is InChI=1S/C12H17NO4/c1-9-6-8-17-11(9)12(15)13(2)7-4-5-10(14)16-3/h6,8H,4-5,7H2,1-3H3. The summed E-state index contributed by atoms with van der Waals surface area (Å²) in [6.07, 6.45) is 2.38. The Labute approximate surface area is 100 Å². The summed E-state index contributed by atoms with van der Waals surface area (Å²) in [6.45, 7) is 2.31. The molecule has 0 saturated heterocycles. The van der Waals surface area contributed by atoms with Crippen LogP contribution in [0.3, 0.4) is 0 Å². The average Bonchev–Trinajstić information content (AvgIpc) is 2.74. The topological polar surface area (TPSA) is 59.8 Å². The molecule has 0 saturated carbocycles. The van der Waals surface area contributed by atoms with E-state index >= 15 is 0 Å². The Balaban J connectivity index is 2.43. The van der Waals surface area contributed by atoms with Gasteiger partial charge in [-0.1, -0.05) is 0 Å². The highest BCUT2D eigenvalue weighted by Gasteiger charge is 2.17. The summed E-state index contributed by atoms with van der Waals surface area (Å²) in [6, 6.07) is 1.75. The minimum absolute atomic E-state index is 0.169. The van der Waals surface area contributed by atoms with Crippen molar-refractivity contribution >= 4 is 11.9 Å². The molecule has 0 aromatic carbocycles. The maximum absolute atomic E-state index is 11.9. The van der Waals surface area contributed by atoms with E-state index in [1.807, 2.05) is 6.92 Å². The highest BCUT2D eigenvalue weighted by molar-refractivity contribution is 5.92. The fourth-order valence-electron chi connectivity index (χ4n) is 1.43. The predicted molar refractivity (Wildman–Crippen MR) is 61.7 cm³/mol. The van der Waals surface area contributed by atoms with Gasteiger partial charge in [0.2, 0.25) is 0 Å². The summed E-state index contributed by atoms with van der Waals surface area (Å²) < 4.78 is 9.64. The molecule has 0 aliphatic rings. The second-order valence-corrected chi connectivity index (χ2v) is 3.84. The summed E-state index contributed by atoms with van der Waals surface area (Å²) in [4.78, 5) is 24.3. The third-order valence-electron chi connectivity index (χ3n) is 2.51. The molecule has 94 valence electrons. The molecule has 0 aliphatic heterocycles. The Morgan fingerprint density at radius 1 is 1.47 bits per heavy atom. The molecule has 0 radical (unpaired) electrons. The van der Waals surface area contributed by atoms with E-state index in [0.717, 1.165) is 5.56 Å². The van der Waals surface area contributed by atoms with Crippen LogP contribution in [-0.4, -0.2) is 37.5 Å². The zero-order chi connectivity index (χ0) is 12.8. The highest BCUT2D eigenvalue weighted by Crippen LogP contribution is 2.11. The van der Waals surface area contributed by atoms with Crippen LogP contribution >= 0.6 is 0 Å². The lowest BCUT2D eigenvalue weighted by atomic mass is 10.2. The molecular weight excluding hydrogens is 222 g/mol. The van der Waals surface area contributed by atoms with Crippen molar-refractivity contribution in [1.29, 1.82) is 0 Å². The number of aryl methyl sites for hydroxylation is 1. The number of methoxy groups -OCH3 is 1. The normalized spacial score (nSPS) is 10.1. The molecule has 1 aromatic heterocycles. The molecule has 5 nitrogen and oxygen atoms in total.